The Morgan fingerprint density at radius 1 is 1.16 bits per heavy atom. The molecule has 1 atom stereocenters. The number of benzene rings is 2. The topological polar surface area (TPSA) is 98.5 Å². The molecular formula is C22H21ClN2O5S2. The Bertz CT molecular complexity index is 1170. The van der Waals surface area contributed by atoms with E-state index in [1.165, 1.54) is 24.3 Å². The lowest BCUT2D eigenvalue weighted by atomic mass is 10.2. The first-order valence-corrected chi connectivity index (χ1v) is 12.9. The molecule has 0 spiro atoms. The number of carbonyl (C=O) groups is 1. The largest absolute Gasteiger partial charge is 0.428 e. The zero-order valence-electron chi connectivity index (χ0n) is 17.0. The molecule has 7 nitrogen and oxygen atoms in total. The highest BCUT2D eigenvalue weighted by molar-refractivity contribution is 8.00. The van der Waals surface area contributed by atoms with Gasteiger partial charge in [0.1, 0.15) is 0 Å². The molecule has 2 aromatic carbocycles. The van der Waals surface area contributed by atoms with Crippen molar-refractivity contribution in [3.63, 3.8) is 0 Å². The first kappa shape index (κ1) is 22.8. The second kappa shape index (κ2) is 10.1. The van der Waals surface area contributed by atoms with Crippen LogP contribution in [0.25, 0.3) is 11.5 Å². The average molecular weight is 493 g/mol. The van der Waals surface area contributed by atoms with Crippen LogP contribution in [-0.2, 0) is 19.4 Å². The van der Waals surface area contributed by atoms with Crippen molar-refractivity contribution in [3.05, 3.63) is 59.6 Å². The summed E-state index contributed by atoms with van der Waals surface area (Å²) < 4.78 is 37.8. The summed E-state index contributed by atoms with van der Waals surface area (Å²) in [5.74, 6) is -0.0855. The van der Waals surface area contributed by atoms with Gasteiger partial charge in [0.25, 0.3) is 0 Å². The van der Waals surface area contributed by atoms with Crippen LogP contribution in [0.5, 0.6) is 0 Å². The Hall–Kier alpha value is -2.33. The number of carbonyl (C=O) groups excluding carboxylic acids is 1. The van der Waals surface area contributed by atoms with E-state index >= 15 is 0 Å². The van der Waals surface area contributed by atoms with Gasteiger partial charge < -0.3 is 14.5 Å². The summed E-state index contributed by atoms with van der Waals surface area (Å²) >= 11 is 6.89. The second-order valence-corrected chi connectivity index (χ2v) is 10.4. The van der Waals surface area contributed by atoms with Crippen molar-refractivity contribution < 1.29 is 22.4 Å². The van der Waals surface area contributed by atoms with Crippen LogP contribution in [0.3, 0.4) is 0 Å². The number of amides is 1. The predicted molar refractivity (Wildman–Crippen MR) is 122 cm³/mol. The Morgan fingerprint density at radius 2 is 1.91 bits per heavy atom. The van der Waals surface area contributed by atoms with Crippen molar-refractivity contribution in [2.75, 3.05) is 18.9 Å². The van der Waals surface area contributed by atoms with Gasteiger partial charge in [0.05, 0.1) is 16.8 Å². The SMILES string of the molecule is O=C(CSc1oc(-c2ccccc2)nc1S(=O)(=O)c1ccc(Cl)cc1)NCC1CCCO1. The minimum absolute atomic E-state index is 0.0146. The number of nitrogens with zero attached hydrogens (tertiary/aromatic N) is 1. The van der Waals surface area contributed by atoms with Gasteiger partial charge in [-0.2, -0.15) is 4.98 Å². The standard InChI is InChI=1S/C22H21ClN2O5S2/c23-16-8-10-18(11-9-16)32(27,28)21-22(30-20(25-21)15-5-2-1-3-6-15)31-14-19(26)24-13-17-7-4-12-29-17/h1-3,5-6,8-11,17H,4,7,12-14H2,(H,24,26). The molecule has 0 radical (unpaired) electrons. The number of halogens is 1. The smallest absolute Gasteiger partial charge is 0.230 e. The monoisotopic (exact) mass is 492 g/mol. The normalized spacial score (nSPS) is 16.2. The number of hydrogen-bond acceptors (Lipinski definition) is 7. The number of nitrogens with one attached hydrogen (secondary N) is 1. The Morgan fingerprint density at radius 3 is 2.59 bits per heavy atom. The van der Waals surface area contributed by atoms with Crippen LogP contribution in [0.4, 0.5) is 0 Å². The van der Waals surface area contributed by atoms with Crippen LogP contribution in [0.2, 0.25) is 5.02 Å². The Balaban J connectivity index is 1.57. The van der Waals surface area contributed by atoms with E-state index in [0.29, 0.717) is 23.7 Å². The highest BCUT2D eigenvalue weighted by Gasteiger charge is 2.29. The third-order valence-corrected chi connectivity index (χ3v) is 7.86. The van der Waals surface area contributed by atoms with Gasteiger partial charge in [-0.1, -0.05) is 41.6 Å². The van der Waals surface area contributed by atoms with Gasteiger partial charge in [-0.05, 0) is 49.2 Å². The quantitative estimate of drug-likeness (QED) is 0.470. The summed E-state index contributed by atoms with van der Waals surface area (Å²) in [4.78, 5) is 16.6. The van der Waals surface area contributed by atoms with Gasteiger partial charge in [0, 0.05) is 23.7 Å². The lowest BCUT2D eigenvalue weighted by Crippen LogP contribution is -2.32. The number of rotatable bonds is 8. The molecular weight excluding hydrogens is 472 g/mol. The number of sulfone groups is 1. The highest BCUT2D eigenvalue weighted by atomic mass is 35.5. The van der Waals surface area contributed by atoms with Crippen molar-refractivity contribution >= 4 is 39.1 Å². The van der Waals surface area contributed by atoms with Crippen LogP contribution >= 0.6 is 23.4 Å². The van der Waals surface area contributed by atoms with Crippen molar-refractivity contribution in [2.24, 2.45) is 0 Å². The fraction of sp³-hybridized carbons (Fsp3) is 0.273. The van der Waals surface area contributed by atoms with Crippen molar-refractivity contribution in [1.29, 1.82) is 0 Å². The Kier molecular flexibility index (Phi) is 7.20. The lowest BCUT2D eigenvalue weighted by Gasteiger charge is -2.10. The summed E-state index contributed by atoms with van der Waals surface area (Å²) in [7, 11) is -3.98. The van der Waals surface area contributed by atoms with Gasteiger partial charge in [-0.3, -0.25) is 4.79 Å². The van der Waals surface area contributed by atoms with Crippen LogP contribution in [0.1, 0.15) is 12.8 Å². The third-order valence-electron chi connectivity index (χ3n) is 4.85. The average Bonchev–Trinajstić information content (AvgIpc) is 3.47. The van der Waals surface area contributed by atoms with Crippen LogP contribution in [-0.4, -0.2) is 44.3 Å². The van der Waals surface area contributed by atoms with Crippen LogP contribution < -0.4 is 5.32 Å². The van der Waals surface area contributed by atoms with Crippen molar-refractivity contribution in [3.8, 4) is 11.5 Å². The lowest BCUT2D eigenvalue weighted by molar-refractivity contribution is -0.119. The molecule has 10 heteroatoms. The minimum Gasteiger partial charge on any atom is -0.428 e. The van der Waals surface area contributed by atoms with Gasteiger partial charge >= 0.3 is 0 Å². The molecule has 1 aliphatic heterocycles. The maximum atomic E-state index is 13.3. The molecule has 1 unspecified atom stereocenters. The molecule has 0 saturated carbocycles. The van der Waals surface area contributed by atoms with E-state index in [-0.39, 0.29) is 38.7 Å². The molecule has 3 aromatic rings. The Labute approximate surface area is 195 Å². The molecule has 1 aliphatic rings. The number of thioether (sulfide) groups is 1. The fourth-order valence-corrected chi connectivity index (χ4v) is 5.68. The number of aromatic nitrogens is 1. The fourth-order valence-electron chi connectivity index (χ4n) is 3.20. The van der Waals surface area contributed by atoms with Crippen LogP contribution in [0, 0.1) is 0 Å². The van der Waals surface area contributed by atoms with Gasteiger partial charge in [0.15, 0.2) is 0 Å². The summed E-state index contributed by atoms with van der Waals surface area (Å²) in [5, 5.41) is 3.08. The van der Waals surface area contributed by atoms with Crippen molar-refractivity contribution in [2.45, 2.75) is 34.0 Å². The van der Waals surface area contributed by atoms with E-state index in [1.54, 1.807) is 24.3 Å². The summed E-state index contributed by atoms with van der Waals surface area (Å²) in [6.45, 7) is 1.14. The van der Waals surface area contributed by atoms with E-state index in [0.717, 1.165) is 24.6 Å². The third kappa shape index (κ3) is 5.35. The first-order chi connectivity index (χ1) is 15.4. The van der Waals surface area contributed by atoms with Gasteiger partial charge in [-0.25, -0.2) is 8.42 Å². The maximum absolute atomic E-state index is 13.3. The molecule has 2 heterocycles. The molecule has 1 aromatic heterocycles. The molecule has 0 bridgehead atoms. The molecule has 32 heavy (non-hydrogen) atoms. The molecule has 1 saturated heterocycles. The number of hydrogen-bond donors (Lipinski definition) is 1. The first-order valence-electron chi connectivity index (χ1n) is 10.0. The van der Waals surface area contributed by atoms with Crippen molar-refractivity contribution in [1.82, 2.24) is 10.3 Å². The van der Waals surface area contributed by atoms with Crippen LogP contribution in [0.15, 0.2) is 74.0 Å². The molecule has 168 valence electrons. The minimum atomic E-state index is -3.98. The predicted octanol–water partition coefficient (Wildman–Crippen LogP) is 4.22. The van der Waals surface area contributed by atoms with Gasteiger partial charge in [-0.15, -0.1) is 0 Å². The highest BCUT2D eigenvalue weighted by Crippen LogP contribution is 2.35. The summed E-state index contributed by atoms with van der Waals surface area (Å²) in [6, 6.07) is 14.8. The van der Waals surface area contributed by atoms with E-state index in [1.807, 2.05) is 6.07 Å². The molecule has 1 fully saturated rings. The van der Waals surface area contributed by atoms with E-state index in [2.05, 4.69) is 10.3 Å². The molecule has 4 rings (SSSR count). The zero-order valence-corrected chi connectivity index (χ0v) is 19.4. The van der Waals surface area contributed by atoms with E-state index < -0.39 is 9.84 Å². The van der Waals surface area contributed by atoms with E-state index in [9.17, 15) is 13.2 Å². The summed E-state index contributed by atoms with van der Waals surface area (Å²) in [5.41, 5.74) is 0.634. The summed E-state index contributed by atoms with van der Waals surface area (Å²) in [6.07, 6.45) is 1.93. The maximum Gasteiger partial charge on any atom is 0.230 e. The number of oxazole rings is 1. The molecule has 0 aliphatic carbocycles. The molecule has 1 amide bonds. The van der Waals surface area contributed by atoms with Gasteiger partial charge in [0.2, 0.25) is 31.8 Å². The second-order valence-electron chi connectivity index (χ2n) is 7.16. The molecule has 1 N–H and O–H groups in total. The zero-order chi connectivity index (χ0) is 22.6. The van der Waals surface area contributed by atoms with E-state index in [4.69, 9.17) is 20.8 Å². The number of ether oxygens (including phenoxy) is 1.